The quantitative estimate of drug-likeness (QED) is 0.903. The summed E-state index contributed by atoms with van der Waals surface area (Å²) < 4.78 is 5.24. The van der Waals surface area contributed by atoms with Gasteiger partial charge < -0.3 is 10.1 Å². The molecule has 0 saturated heterocycles. The Bertz CT molecular complexity index is 567. The summed E-state index contributed by atoms with van der Waals surface area (Å²) in [7, 11) is 0. The molecule has 0 unspecified atom stereocenters. The second-order valence-electron chi connectivity index (χ2n) is 4.01. The molecular formula is C14H16N4O2. The largest absolute Gasteiger partial charge is 0.477 e. The molecule has 2 heterocycles. The number of carbonyl (C=O) groups is 1. The number of hydrogen-bond donors (Lipinski definition) is 1. The van der Waals surface area contributed by atoms with Crippen LogP contribution in [0.1, 0.15) is 20.3 Å². The Hall–Kier alpha value is -2.50. The van der Waals surface area contributed by atoms with E-state index < -0.39 is 0 Å². The molecule has 20 heavy (non-hydrogen) atoms. The Balaban J connectivity index is 2.11. The van der Waals surface area contributed by atoms with E-state index in [0.29, 0.717) is 30.4 Å². The van der Waals surface area contributed by atoms with Crippen molar-refractivity contribution in [3.63, 3.8) is 0 Å². The van der Waals surface area contributed by atoms with Gasteiger partial charge in [-0.25, -0.2) is 15.0 Å². The van der Waals surface area contributed by atoms with Gasteiger partial charge in [0.1, 0.15) is 5.82 Å². The van der Waals surface area contributed by atoms with Crippen molar-refractivity contribution < 1.29 is 9.53 Å². The lowest BCUT2D eigenvalue weighted by molar-refractivity contribution is -0.115. The third kappa shape index (κ3) is 3.50. The molecule has 2 aromatic heterocycles. The Morgan fingerprint density at radius 2 is 2.00 bits per heavy atom. The first-order valence-corrected chi connectivity index (χ1v) is 6.44. The van der Waals surface area contributed by atoms with Gasteiger partial charge in [0, 0.05) is 18.2 Å². The second kappa shape index (κ2) is 6.60. The molecule has 0 atom stereocenters. The SMILES string of the molecule is CCOc1cnc(-c2ccc(NC(=O)CC)nc2)cn1. The third-order valence-electron chi connectivity index (χ3n) is 2.57. The third-order valence-corrected chi connectivity index (χ3v) is 2.57. The van der Waals surface area contributed by atoms with Crippen LogP contribution >= 0.6 is 0 Å². The lowest BCUT2D eigenvalue weighted by Gasteiger charge is -2.05. The first kappa shape index (κ1) is 13.9. The summed E-state index contributed by atoms with van der Waals surface area (Å²) in [6.07, 6.45) is 5.28. The molecule has 0 aliphatic heterocycles. The number of pyridine rings is 1. The minimum Gasteiger partial charge on any atom is -0.477 e. The van der Waals surface area contributed by atoms with Gasteiger partial charge >= 0.3 is 0 Å². The Morgan fingerprint density at radius 3 is 2.55 bits per heavy atom. The molecule has 0 aromatic carbocycles. The number of carbonyl (C=O) groups excluding carboxylic acids is 1. The van der Waals surface area contributed by atoms with Crippen molar-refractivity contribution >= 4 is 11.7 Å². The summed E-state index contributed by atoms with van der Waals surface area (Å²) in [6, 6.07) is 3.57. The molecule has 2 rings (SSSR count). The first-order valence-electron chi connectivity index (χ1n) is 6.44. The number of hydrogen-bond acceptors (Lipinski definition) is 5. The van der Waals surface area contributed by atoms with Crippen LogP contribution < -0.4 is 10.1 Å². The lowest BCUT2D eigenvalue weighted by atomic mass is 10.2. The molecule has 0 aliphatic rings. The molecule has 2 aromatic rings. The van der Waals surface area contributed by atoms with Crippen LogP contribution in [0.15, 0.2) is 30.7 Å². The van der Waals surface area contributed by atoms with Crippen molar-refractivity contribution in [2.24, 2.45) is 0 Å². The fraction of sp³-hybridized carbons (Fsp3) is 0.286. The predicted molar refractivity (Wildman–Crippen MR) is 75.4 cm³/mol. The number of nitrogens with zero attached hydrogens (tertiary/aromatic N) is 3. The van der Waals surface area contributed by atoms with E-state index in [1.165, 1.54) is 0 Å². The van der Waals surface area contributed by atoms with E-state index >= 15 is 0 Å². The number of anilines is 1. The molecule has 0 bridgehead atoms. The van der Waals surface area contributed by atoms with Crippen molar-refractivity contribution in [1.29, 1.82) is 0 Å². The molecule has 0 radical (unpaired) electrons. The van der Waals surface area contributed by atoms with E-state index in [2.05, 4.69) is 20.3 Å². The second-order valence-corrected chi connectivity index (χ2v) is 4.01. The molecule has 1 amide bonds. The molecule has 104 valence electrons. The van der Waals surface area contributed by atoms with Crippen molar-refractivity contribution in [1.82, 2.24) is 15.0 Å². The van der Waals surface area contributed by atoms with Crippen molar-refractivity contribution in [2.75, 3.05) is 11.9 Å². The minimum atomic E-state index is -0.0638. The first-order chi connectivity index (χ1) is 9.72. The summed E-state index contributed by atoms with van der Waals surface area (Å²) in [4.78, 5) is 23.8. The van der Waals surface area contributed by atoms with Crippen LogP contribution in [0.4, 0.5) is 5.82 Å². The van der Waals surface area contributed by atoms with E-state index in [4.69, 9.17) is 4.74 Å². The topological polar surface area (TPSA) is 77.0 Å². The van der Waals surface area contributed by atoms with Crippen molar-refractivity contribution in [3.05, 3.63) is 30.7 Å². The maximum absolute atomic E-state index is 11.2. The van der Waals surface area contributed by atoms with Gasteiger partial charge in [0.2, 0.25) is 11.8 Å². The fourth-order valence-electron chi connectivity index (χ4n) is 1.54. The van der Waals surface area contributed by atoms with Crippen molar-refractivity contribution in [2.45, 2.75) is 20.3 Å². The number of ether oxygens (including phenoxy) is 1. The zero-order valence-electron chi connectivity index (χ0n) is 11.5. The van der Waals surface area contributed by atoms with Crippen LogP contribution in [0, 0.1) is 0 Å². The van der Waals surface area contributed by atoms with Crippen LogP contribution in [0.3, 0.4) is 0 Å². The Labute approximate surface area is 117 Å². The summed E-state index contributed by atoms with van der Waals surface area (Å²) in [5.74, 6) is 0.960. The number of amides is 1. The van der Waals surface area contributed by atoms with Crippen LogP contribution in [0.25, 0.3) is 11.3 Å². The predicted octanol–water partition coefficient (Wildman–Crippen LogP) is 2.29. The van der Waals surface area contributed by atoms with Crippen LogP contribution in [-0.2, 0) is 4.79 Å². The van der Waals surface area contributed by atoms with Gasteiger partial charge in [-0.1, -0.05) is 6.92 Å². The maximum atomic E-state index is 11.2. The molecular weight excluding hydrogens is 256 g/mol. The average molecular weight is 272 g/mol. The molecule has 0 aliphatic carbocycles. The summed E-state index contributed by atoms with van der Waals surface area (Å²) in [5, 5.41) is 2.69. The Kier molecular flexibility index (Phi) is 4.60. The average Bonchev–Trinajstić information content (AvgIpc) is 2.49. The smallest absolute Gasteiger partial charge is 0.232 e. The number of rotatable bonds is 5. The molecule has 0 fully saturated rings. The minimum absolute atomic E-state index is 0.0638. The van der Waals surface area contributed by atoms with Crippen LogP contribution in [-0.4, -0.2) is 27.5 Å². The fourth-order valence-corrected chi connectivity index (χ4v) is 1.54. The molecule has 6 heteroatoms. The number of nitrogens with one attached hydrogen (secondary N) is 1. The normalized spacial score (nSPS) is 10.1. The monoisotopic (exact) mass is 272 g/mol. The van der Waals surface area contributed by atoms with E-state index in [0.717, 1.165) is 5.56 Å². The highest BCUT2D eigenvalue weighted by Gasteiger charge is 2.04. The molecule has 0 spiro atoms. The van der Waals surface area contributed by atoms with E-state index in [-0.39, 0.29) is 5.91 Å². The Morgan fingerprint density at radius 1 is 1.15 bits per heavy atom. The molecule has 1 N–H and O–H groups in total. The standard InChI is InChI=1S/C14H16N4O2/c1-3-13(19)18-12-6-5-10(7-16-12)11-8-17-14(9-15-11)20-4-2/h5-9H,3-4H2,1-2H3,(H,16,18,19). The van der Waals surface area contributed by atoms with Gasteiger partial charge in [0.05, 0.1) is 24.7 Å². The summed E-state index contributed by atoms with van der Waals surface area (Å²) >= 11 is 0. The van der Waals surface area contributed by atoms with E-state index in [1.54, 1.807) is 31.6 Å². The van der Waals surface area contributed by atoms with Gasteiger partial charge in [-0.2, -0.15) is 0 Å². The lowest BCUT2D eigenvalue weighted by Crippen LogP contribution is -2.10. The van der Waals surface area contributed by atoms with Gasteiger partial charge in [0.25, 0.3) is 0 Å². The highest BCUT2D eigenvalue weighted by atomic mass is 16.5. The summed E-state index contributed by atoms with van der Waals surface area (Å²) in [6.45, 7) is 4.24. The van der Waals surface area contributed by atoms with Gasteiger partial charge in [0.15, 0.2) is 0 Å². The van der Waals surface area contributed by atoms with Gasteiger partial charge in [-0.15, -0.1) is 0 Å². The van der Waals surface area contributed by atoms with E-state index in [1.807, 2.05) is 13.0 Å². The van der Waals surface area contributed by atoms with Gasteiger partial charge in [-0.3, -0.25) is 4.79 Å². The molecule has 0 saturated carbocycles. The highest BCUT2D eigenvalue weighted by molar-refractivity contribution is 5.89. The maximum Gasteiger partial charge on any atom is 0.232 e. The van der Waals surface area contributed by atoms with Gasteiger partial charge in [-0.05, 0) is 19.1 Å². The van der Waals surface area contributed by atoms with Crippen LogP contribution in [0.2, 0.25) is 0 Å². The van der Waals surface area contributed by atoms with E-state index in [9.17, 15) is 4.79 Å². The zero-order chi connectivity index (χ0) is 14.4. The van der Waals surface area contributed by atoms with Crippen molar-refractivity contribution in [3.8, 4) is 17.1 Å². The highest BCUT2D eigenvalue weighted by Crippen LogP contribution is 2.17. The zero-order valence-corrected chi connectivity index (χ0v) is 11.5. The summed E-state index contributed by atoms with van der Waals surface area (Å²) in [5.41, 5.74) is 1.53. The molecule has 6 nitrogen and oxygen atoms in total. The number of aromatic nitrogens is 3. The van der Waals surface area contributed by atoms with Crippen LogP contribution in [0.5, 0.6) is 5.88 Å².